The first-order valence-corrected chi connectivity index (χ1v) is 6.36. The van der Waals surface area contributed by atoms with Crippen LogP contribution in [0.3, 0.4) is 0 Å². The van der Waals surface area contributed by atoms with E-state index in [9.17, 15) is 13.2 Å². The van der Waals surface area contributed by atoms with Crippen LogP contribution in [0.15, 0.2) is 46.9 Å². The summed E-state index contributed by atoms with van der Waals surface area (Å²) in [5.74, 6) is 0. The Hall–Kier alpha value is -1.82. The Labute approximate surface area is 112 Å². The molecule has 6 heteroatoms. The van der Waals surface area contributed by atoms with E-state index in [4.69, 9.17) is 0 Å². The molecule has 0 aliphatic heterocycles. The van der Waals surface area contributed by atoms with E-state index in [0.717, 1.165) is 22.7 Å². The highest BCUT2D eigenvalue weighted by atomic mass is 32.1. The van der Waals surface area contributed by atoms with Crippen LogP contribution < -0.4 is 5.43 Å². The summed E-state index contributed by atoms with van der Waals surface area (Å²) >= 11 is 1.55. The Morgan fingerprint density at radius 1 is 1.16 bits per heavy atom. The summed E-state index contributed by atoms with van der Waals surface area (Å²) in [5, 5.41) is 6.06. The first-order valence-electron chi connectivity index (χ1n) is 5.48. The number of alkyl halides is 3. The fraction of sp³-hybridized carbons (Fsp3) is 0.154. The third-order valence-electron chi connectivity index (χ3n) is 2.44. The summed E-state index contributed by atoms with van der Waals surface area (Å²) in [5.41, 5.74) is 3.37. The summed E-state index contributed by atoms with van der Waals surface area (Å²) in [7, 11) is 0. The van der Waals surface area contributed by atoms with Crippen molar-refractivity contribution in [2.45, 2.75) is 13.1 Å². The molecule has 19 heavy (non-hydrogen) atoms. The van der Waals surface area contributed by atoms with E-state index in [-0.39, 0.29) is 0 Å². The van der Waals surface area contributed by atoms with Gasteiger partial charge in [-0.15, -0.1) is 11.3 Å². The van der Waals surface area contributed by atoms with Crippen LogP contribution in [-0.4, -0.2) is 5.71 Å². The van der Waals surface area contributed by atoms with Crippen LogP contribution in [0.5, 0.6) is 0 Å². The van der Waals surface area contributed by atoms with Gasteiger partial charge in [0.2, 0.25) is 0 Å². The maximum Gasteiger partial charge on any atom is 0.416 e. The predicted molar refractivity (Wildman–Crippen MR) is 71.6 cm³/mol. The molecule has 0 unspecified atom stereocenters. The lowest BCUT2D eigenvalue weighted by atomic mass is 10.2. The molecule has 2 rings (SSSR count). The second kappa shape index (κ2) is 5.44. The molecule has 0 radical (unpaired) electrons. The van der Waals surface area contributed by atoms with Crippen molar-refractivity contribution in [1.29, 1.82) is 0 Å². The largest absolute Gasteiger partial charge is 0.416 e. The highest BCUT2D eigenvalue weighted by Gasteiger charge is 2.29. The van der Waals surface area contributed by atoms with Gasteiger partial charge >= 0.3 is 6.18 Å². The minimum absolute atomic E-state index is 0.518. The standard InChI is InChI=1S/C13H11F3N2S/c1-9(12-3-2-8-19-12)17-18-11-6-4-10(5-7-11)13(14,15)16/h2-8,18H,1H3. The summed E-state index contributed by atoms with van der Waals surface area (Å²) in [6.45, 7) is 1.84. The third kappa shape index (κ3) is 3.57. The lowest BCUT2D eigenvalue weighted by Gasteiger charge is -2.07. The van der Waals surface area contributed by atoms with Gasteiger partial charge in [0.25, 0.3) is 0 Å². The van der Waals surface area contributed by atoms with Crippen molar-refractivity contribution in [1.82, 2.24) is 0 Å². The molecule has 0 saturated carbocycles. The van der Waals surface area contributed by atoms with Crippen molar-refractivity contribution < 1.29 is 13.2 Å². The Kier molecular flexibility index (Phi) is 3.90. The molecule has 1 aromatic heterocycles. The van der Waals surface area contributed by atoms with Crippen LogP contribution in [0.4, 0.5) is 18.9 Å². The van der Waals surface area contributed by atoms with Crippen molar-refractivity contribution in [3.05, 3.63) is 52.2 Å². The minimum Gasteiger partial charge on any atom is -0.278 e. The van der Waals surface area contributed by atoms with Gasteiger partial charge < -0.3 is 0 Å². The fourth-order valence-corrected chi connectivity index (χ4v) is 2.10. The van der Waals surface area contributed by atoms with E-state index < -0.39 is 11.7 Å². The number of rotatable bonds is 3. The van der Waals surface area contributed by atoms with Crippen LogP contribution >= 0.6 is 11.3 Å². The number of benzene rings is 1. The van der Waals surface area contributed by atoms with Crippen molar-refractivity contribution in [3.63, 3.8) is 0 Å². The van der Waals surface area contributed by atoms with Crippen molar-refractivity contribution >= 4 is 22.7 Å². The average Bonchev–Trinajstić information content (AvgIpc) is 2.89. The van der Waals surface area contributed by atoms with E-state index in [1.807, 2.05) is 24.4 Å². The molecule has 0 saturated heterocycles. The molecule has 0 fully saturated rings. The number of nitrogens with one attached hydrogen (secondary N) is 1. The van der Waals surface area contributed by atoms with Crippen LogP contribution in [0.2, 0.25) is 0 Å². The molecular formula is C13H11F3N2S. The zero-order chi connectivity index (χ0) is 13.9. The molecule has 1 aromatic carbocycles. The molecular weight excluding hydrogens is 273 g/mol. The van der Waals surface area contributed by atoms with Crippen molar-refractivity contribution in [3.8, 4) is 0 Å². The molecule has 0 aliphatic carbocycles. The van der Waals surface area contributed by atoms with Crippen LogP contribution in [0.25, 0.3) is 0 Å². The topological polar surface area (TPSA) is 24.4 Å². The van der Waals surface area contributed by atoms with E-state index in [2.05, 4.69) is 10.5 Å². The van der Waals surface area contributed by atoms with Gasteiger partial charge in [-0.25, -0.2) is 0 Å². The van der Waals surface area contributed by atoms with Gasteiger partial charge in [-0.3, -0.25) is 5.43 Å². The van der Waals surface area contributed by atoms with Gasteiger partial charge in [0, 0.05) is 4.88 Å². The molecule has 0 aliphatic rings. The van der Waals surface area contributed by atoms with E-state index in [1.54, 1.807) is 11.3 Å². The minimum atomic E-state index is -4.31. The first-order chi connectivity index (χ1) is 8.97. The van der Waals surface area contributed by atoms with Crippen LogP contribution in [0.1, 0.15) is 17.4 Å². The number of hydrogen-bond acceptors (Lipinski definition) is 3. The predicted octanol–water partition coefficient (Wildman–Crippen LogP) is 4.60. The molecule has 0 atom stereocenters. The van der Waals surface area contributed by atoms with Crippen molar-refractivity contribution in [2.24, 2.45) is 5.10 Å². The van der Waals surface area contributed by atoms with Crippen molar-refractivity contribution in [2.75, 3.05) is 5.43 Å². The van der Waals surface area contributed by atoms with Gasteiger partial charge in [0.05, 0.1) is 17.0 Å². The Bertz CT molecular complexity index is 557. The van der Waals surface area contributed by atoms with Gasteiger partial charge in [0.15, 0.2) is 0 Å². The number of hydrogen-bond donors (Lipinski definition) is 1. The lowest BCUT2D eigenvalue weighted by molar-refractivity contribution is -0.137. The quantitative estimate of drug-likeness (QED) is 0.646. The number of anilines is 1. The lowest BCUT2D eigenvalue weighted by Crippen LogP contribution is -2.04. The molecule has 0 bridgehead atoms. The van der Waals surface area contributed by atoms with Crippen LogP contribution in [-0.2, 0) is 6.18 Å². The summed E-state index contributed by atoms with van der Waals surface area (Å²) in [6, 6.07) is 8.60. The SMILES string of the molecule is CC(=NNc1ccc(C(F)(F)F)cc1)c1cccs1. The van der Waals surface area contributed by atoms with E-state index >= 15 is 0 Å². The number of halogens is 3. The normalized spacial score (nSPS) is 12.5. The zero-order valence-electron chi connectivity index (χ0n) is 10.0. The molecule has 0 amide bonds. The third-order valence-corrected chi connectivity index (χ3v) is 3.42. The monoisotopic (exact) mass is 284 g/mol. The van der Waals surface area contributed by atoms with E-state index in [1.165, 1.54) is 12.1 Å². The molecule has 2 aromatic rings. The van der Waals surface area contributed by atoms with Gasteiger partial charge in [0.1, 0.15) is 0 Å². The second-order valence-electron chi connectivity index (χ2n) is 3.86. The smallest absolute Gasteiger partial charge is 0.278 e. The van der Waals surface area contributed by atoms with Crippen LogP contribution in [0, 0.1) is 0 Å². The first kappa shape index (κ1) is 13.6. The van der Waals surface area contributed by atoms with Gasteiger partial charge in [-0.1, -0.05) is 6.07 Å². The molecule has 1 N–H and O–H groups in total. The van der Waals surface area contributed by atoms with E-state index in [0.29, 0.717) is 5.69 Å². The Morgan fingerprint density at radius 3 is 2.37 bits per heavy atom. The Morgan fingerprint density at radius 2 is 1.84 bits per heavy atom. The number of thiophene rings is 1. The molecule has 0 spiro atoms. The fourth-order valence-electron chi connectivity index (χ4n) is 1.42. The van der Waals surface area contributed by atoms with Gasteiger partial charge in [-0.05, 0) is 42.6 Å². The highest BCUT2D eigenvalue weighted by molar-refractivity contribution is 7.12. The maximum absolute atomic E-state index is 12.4. The molecule has 1 heterocycles. The summed E-state index contributed by atoms with van der Waals surface area (Å²) in [6.07, 6.45) is -4.31. The molecule has 2 nitrogen and oxygen atoms in total. The highest BCUT2D eigenvalue weighted by Crippen LogP contribution is 2.29. The summed E-state index contributed by atoms with van der Waals surface area (Å²) < 4.78 is 37.1. The average molecular weight is 284 g/mol. The summed E-state index contributed by atoms with van der Waals surface area (Å²) in [4.78, 5) is 1.01. The van der Waals surface area contributed by atoms with Gasteiger partial charge in [-0.2, -0.15) is 18.3 Å². The molecule has 100 valence electrons. The Balaban J connectivity index is 2.06. The number of nitrogens with zero attached hydrogens (tertiary/aromatic N) is 1. The zero-order valence-corrected chi connectivity index (χ0v) is 10.8. The maximum atomic E-state index is 12.4. The number of hydrazone groups is 1. The second-order valence-corrected chi connectivity index (χ2v) is 4.81.